The Morgan fingerprint density at radius 1 is 1.09 bits per heavy atom. The number of fused-ring (bicyclic) bond motifs is 1. The molecule has 0 atom stereocenters. The van der Waals surface area contributed by atoms with Gasteiger partial charge in [0.15, 0.2) is 0 Å². The van der Waals surface area contributed by atoms with E-state index in [1.165, 1.54) is 11.5 Å². The quantitative estimate of drug-likeness (QED) is 0.794. The number of benzene rings is 1. The average Bonchev–Trinajstić information content (AvgIpc) is 3.10. The van der Waals surface area contributed by atoms with Gasteiger partial charge in [-0.3, -0.25) is 4.98 Å². The van der Waals surface area contributed by atoms with Gasteiger partial charge >= 0.3 is 0 Å². The van der Waals surface area contributed by atoms with Gasteiger partial charge in [0, 0.05) is 36.1 Å². The molecular weight excluding hydrogens is 308 g/mol. The van der Waals surface area contributed by atoms with E-state index in [-0.39, 0.29) is 0 Å². The largest absolute Gasteiger partial charge is 0.381 e. The van der Waals surface area contributed by atoms with E-state index in [9.17, 15) is 0 Å². The average molecular weight is 326 g/mol. The van der Waals surface area contributed by atoms with Crippen molar-refractivity contribution in [3.63, 3.8) is 0 Å². The molecule has 1 aliphatic heterocycles. The number of hydrogen-bond acceptors (Lipinski definition) is 6. The SMILES string of the molecule is c1ccc2nc(CNc3nc(C4CCOCC4)ns3)ccc2c1. The lowest BCUT2D eigenvalue weighted by Crippen LogP contribution is -2.15. The minimum atomic E-state index is 0.439. The number of ether oxygens (including phenoxy) is 1. The van der Waals surface area contributed by atoms with Crippen LogP contribution >= 0.6 is 11.5 Å². The highest BCUT2D eigenvalue weighted by Gasteiger charge is 2.20. The van der Waals surface area contributed by atoms with E-state index in [0.717, 1.165) is 53.6 Å². The van der Waals surface area contributed by atoms with E-state index in [2.05, 4.69) is 37.9 Å². The number of nitrogens with one attached hydrogen (secondary N) is 1. The van der Waals surface area contributed by atoms with Crippen molar-refractivity contribution in [2.45, 2.75) is 25.3 Å². The van der Waals surface area contributed by atoms with Crippen LogP contribution < -0.4 is 5.32 Å². The molecular formula is C17H18N4OS. The molecule has 3 heterocycles. The summed E-state index contributed by atoms with van der Waals surface area (Å²) in [6.45, 7) is 2.29. The first-order chi connectivity index (χ1) is 11.4. The molecule has 0 unspecified atom stereocenters. The Labute approximate surface area is 138 Å². The summed E-state index contributed by atoms with van der Waals surface area (Å²) in [4.78, 5) is 9.29. The molecule has 1 aliphatic rings. The van der Waals surface area contributed by atoms with Gasteiger partial charge in [0.05, 0.1) is 17.8 Å². The van der Waals surface area contributed by atoms with Crippen molar-refractivity contribution in [2.75, 3.05) is 18.5 Å². The first-order valence-electron chi connectivity index (χ1n) is 7.88. The predicted octanol–water partition coefficient (Wildman–Crippen LogP) is 3.59. The van der Waals surface area contributed by atoms with E-state index in [4.69, 9.17) is 4.74 Å². The molecule has 1 fully saturated rings. The molecule has 0 bridgehead atoms. The Balaban J connectivity index is 1.42. The number of para-hydroxylation sites is 1. The van der Waals surface area contributed by atoms with Gasteiger partial charge < -0.3 is 10.1 Å². The van der Waals surface area contributed by atoms with Gasteiger partial charge in [-0.25, -0.2) is 4.98 Å². The number of nitrogens with zero attached hydrogens (tertiary/aromatic N) is 3. The van der Waals surface area contributed by atoms with Crippen LogP contribution in [-0.2, 0) is 11.3 Å². The summed E-state index contributed by atoms with van der Waals surface area (Å²) in [6, 6.07) is 12.3. The molecule has 0 radical (unpaired) electrons. The van der Waals surface area contributed by atoms with Crippen molar-refractivity contribution in [2.24, 2.45) is 0 Å². The molecule has 5 nitrogen and oxygen atoms in total. The van der Waals surface area contributed by atoms with Crippen LogP contribution in [0.1, 0.15) is 30.3 Å². The Hall–Kier alpha value is -2.05. The molecule has 0 aliphatic carbocycles. The fraction of sp³-hybridized carbons (Fsp3) is 0.353. The molecule has 1 saturated heterocycles. The van der Waals surface area contributed by atoms with Gasteiger partial charge in [0.1, 0.15) is 5.82 Å². The Bertz CT molecular complexity index is 798. The number of rotatable bonds is 4. The predicted molar refractivity (Wildman–Crippen MR) is 91.8 cm³/mol. The van der Waals surface area contributed by atoms with Gasteiger partial charge in [-0.1, -0.05) is 24.3 Å². The zero-order valence-corrected chi connectivity index (χ0v) is 13.6. The second-order valence-electron chi connectivity index (χ2n) is 5.69. The Kier molecular flexibility index (Phi) is 4.17. The third kappa shape index (κ3) is 3.33. The molecule has 0 spiro atoms. The maximum atomic E-state index is 5.39. The van der Waals surface area contributed by atoms with Crippen LogP contribution in [0, 0.1) is 0 Å². The van der Waals surface area contributed by atoms with Crippen molar-refractivity contribution in [1.29, 1.82) is 0 Å². The minimum Gasteiger partial charge on any atom is -0.381 e. The number of aromatic nitrogens is 3. The lowest BCUT2D eigenvalue weighted by molar-refractivity contribution is 0.0838. The van der Waals surface area contributed by atoms with Crippen molar-refractivity contribution in [3.05, 3.63) is 47.9 Å². The summed E-state index contributed by atoms with van der Waals surface area (Å²) < 4.78 is 9.89. The van der Waals surface area contributed by atoms with Crippen molar-refractivity contribution in [1.82, 2.24) is 14.3 Å². The summed E-state index contributed by atoms with van der Waals surface area (Å²) >= 11 is 1.43. The van der Waals surface area contributed by atoms with Crippen LogP contribution in [0.4, 0.5) is 5.13 Å². The Morgan fingerprint density at radius 3 is 2.87 bits per heavy atom. The van der Waals surface area contributed by atoms with E-state index < -0.39 is 0 Å². The van der Waals surface area contributed by atoms with Gasteiger partial charge in [0.2, 0.25) is 5.13 Å². The van der Waals surface area contributed by atoms with Crippen LogP contribution in [-0.4, -0.2) is 27.6 Å². The smallest absolute Gasteiger partial charge is 0.202 e. The molecule has 4 rings (SSSR count). The van der Waals surface area contributed by atoms with Crippen molar-refractivity contribution >= 4 is 27.6 Å². The van der Waals surface area contributed by atoms with Gasteiger partial charge in [-0.15, -0.1) is 0 Å². The van der Waals surface area contributed by atoms with E-state index in [1.54, 1.807) is 0 Å². The maximum absolute atomic E-state index is 5.39. The summed E-state index contributed by atoms with van der Waals surface area (Å²) in [6.07, 6.45) is 2.03. The summed E-state index contributed by atoms with van der Waals surface area (Å²) in [5.41, 5.74) is 2.03. The highest BCUT2D eigenvalue weighted by Crippen LogP contribution is 2.27. The van der Waals surface area contributed by atoms with Crippen LogP contribution in [0.2, 0.25) is 0 Å². The summed E-state index contributed by atoms with van der Waals surface area (Å²) in [5.74, 6) is 1.39. The van der Waals surface area contributed by atoms with Crippen LogP contribution in [0.15, 0.2) is 36.4 Å². The van der Waals surface area contributed by atoms with E-state index >= 15 is 0 Å². The second kappa shape index (κ2) is 6.60. The van der Waals surface area contributed by atoms with Gasteiger partial charge in [-0.2, -0.15) is 4.37 Å². The fourth-order valence-corrected chi connectivity index (χ4v) is 3.44. The Morgan fingerprint density at radius 2 is 1.96 bits per heavy atom. The lowest BCUT2D eigenvalue weighted by Gasteiger charge is -2.18. The maximum Gasteiger partial charge on any atom is 0.202 e. The molecule has 23 heavy (non-hydrogen) atoms. The van der Waals surface area contributed by atoms with Gasteiger partial charge in [-0.05, 0) is 25.0 Å². The van der Waals surface area contributed by atoms with E-state index in [0.29, 0.717) is 12.5 Å². The third-order valence-electron chi connectivity index (χ3n) is 4.11. The first-order valence-corrected chi connectivity index (χ1v) is 8.66. The molecule has 0 amide bonds. The van der Waals surface area contributed by atoms with Crippen LogP contribution in [0.5, 0.6) is 0 Å². The monoisotopic (exact) mass is 326 g/mol. The van der Waals surface area contributed by atoms with Crippen molar-refractivity contribution < 1.29 is 4.74 Å². The molecule has 6 heteroatoms. The van der Waals surface area contributed by atoms with Crippen LogP contribution in [0.25, 0.3) is 10.9 Å². The van der Waals surface area contributed by atoms with Crippen LogP contribution in [0.3, 0.4) is 0 Å². The number of pyridine rings is 1. The first kappa shape index (κ1) is 14.5. The van der Waals surface area contributed by atoms with Gasteiger partial charge in [0.25, 0.3) is 0 Å². The molecule has 1 N–H and O–H groups in total. The fourth-order valence-electron chi connectivity index (χ4n) is 2.80. The minimum absolute atomic E-state index is 0.439. The third-order valence-corrected chi connectivity index (χ3v) is 4.79. The molecule has 0 saturated carbocycles. The zero-order valence-electron chi connectivity index (χ0n) is 12.7. The number of hydrogen-bond donors (Lipinski definition) is 1. The standard InChI is InChI=1S/C17H18N4OS/c1-2-4-15-12(3-1)5-6-14(19-15)11-18-17-20-16(21-23-17)13-7-9-22-10-8-13/h1-6,13H,7-11H2,(H,18,20,21). The van der Waals surface area contributed by atoms with Crippen molar-refractivity contribution in [3.8, 4) is 0 Å². The molecule has 1 aromatic carbocycles. The highest BCUT2D eigenvalue weighted by molar-refractivity contribution is 7.09. The topological polar surface area (TPSA) is 59.9 Å². The normalized spacial score (nSPS) is 15.8. The summed E-state index contributed by atoms with van der Waals surface area (Å²) in [5, 5.41) is 5.36. The second-order valence-corrected chi connectivity index (χ2v) is 6.45. The lowest BCUT2D eigenvalue weighted by atomic mass is 10.00. The molecule has 118 valence electrons. The summed E-state index contributed by atoms with van der Waals surface area (Å²) in [7, 11) is 0. The highest BCUT2D eigenvalue weighted by atomic mass is 32.1. The van der Waals surface area contributed by atoms with E-state index in [1.807, 2.05) is 18.2 Å². The molecule has 2 aromatic heterocycles. The molecule has 3 aromatic rings. The number of anilines is 1. The zero-order chi connectivity index (χ0) is 15.5.